The molecule has 0 aliphatic carbocycles. The van der Waals surface area contributed by atoms with E-state index >= 15 is 0 Å². The summed E-state index contributed by atoms with van der Waals surface area (Å²) in [5, 5.41) is 7.06. The predicted octanol–water partition coefficient (Wildman–Crippen LogP) is 3.33. The van der Waals surface area contributed by atoms with Gasteiger partial charge in [0, 0.05) is 27.9 Å². The van der Waals surface area contributed by atoms with E-state index < -0.39 is 0 Å². The third kappa shape index (κ3) is 4.58. The Labute approximate surface area is 170 Å². The van der Waals surface area contributed by atoms with Gasteiger partial charge in [0.2, 0.25) is 5.91 Å². The minimum atomic E-state index is -0.373. The molecule has 1 aromatic heterocycles. The number of hydrogen-bond acceptors (Lipinski definition) is 5. The Bertz CT molecular complexity index is 1050. The highest BCUT2D eigenvalue weighted by Gasteiger charge is 2.12. The zero-order valence-corrected chi connectivity index (χ0v) is 16.9. The molecule has 0 bridgehead atoms. The van der Waals surface area contributed by atoms with Crippen LogP contribution < -0.4 is 20.3 Å². The molecule has 0 radical (unpaired) electrons. The number of ether oxygens (including phenoxy) is 2. The Morgan fingerprint density at radius 1 is 1.07 bits per heavy atom. The molecule has 0 atom stereocenters. The van der Waals surface area contributed by atoms with Gasteiger partial charge in [0.15, 0.2) is 0 Å². The Kier molecular flexibility index (Phi) is 6.10. The van der Waals surface area contributed by atoms with Crippen LogP contribution in [-0.4, -0.2) is 29.9 Å². The van der Waals surface area contributed by atoms with Gasteiger partial charge in [-0.1, -0.05) is 15.9 Å². The fourth-order valence-electron chi connectivity index (χ4n) is 2.59. The van der Waals surface area contributed by atoms with Crippen LogP contribution in [0.1, 0.15) is 0 Å². The highest BCUT2D eigenvalue weighted by Crippen LogP contribution is 2.31. The topological polar surface area (TPSA) is 82.5 Å². The molecule has 0 unspecified atom stereocenters. The highest BCUT2D eigenvalue weighted by molar-refractivity contribution is 9.10. The molecular formula is C20H18BrN3O4. The van der Waals surface area contributed by atoms with Crippen LogP contribution in [0.4, 0.5) is 5.69 Å². The van der Waals surface area contributed by atoms with E-state index in [9.17, 15) is 9.59 Å². The molecule has 8 heteroatoms. The molecule has 28 heavy (non-hydrogen) atoms. The number of amides is 1. The van der Waals surface area contributed by atoms with Crippen molar-refractivity contribution in [2.24, 2.45) is 0 Å². The lowest BCUT2D eigenvalue weighted by Crippen LogP contribution is -2.29. The summed E-state index contributed by atoms with van der Waals surface area (Å²) in [5.74, 6) is 0.843. The maximum absolute atomic E-state index is 12.3. The van der Waals surface area contributed by atoms with E-state index in [1.807, 2.05) is 12.1 Å². The molecule has 1 heterocycles. The first-order chi connectivity index (χ1) is 13.5. The number of nitrogens with zero attached hydrogens (tertiary/aromatic N) is 2. The van der Waals surface area contributed by atoms with E-state index in [1.165, 1.54) is 6.07 Å². The van der Waals surface area contributed by atoms with E-state index in [1.54, 1.807) is 50.6 Å². The molecule has 0 saturated carbocycles. The molecule has 0 saturated heterocycles. The Balaban J connectivity index is 1.84. The zero-order chi connectivity index (χ0) is 20.1. The quantitative estimate of drug-likeness (QED) is 0.631. The van der Waals surface area contributed by atoms with Crippen LogP contribution in [0.15, 0.2) is 63.9 Å². The third-order valence-corrected chi connectivity index (χ3v) is 4.50. The Morgan fingerprint density at radius 3 is 2.50 bits per heavy atom. The van der Waals surface area contributed by atoms with E-state index in [0.717, 1.165) is 9.15 Å². The first kappa shape index (κ1) is 19.6. The monoisotopic (exact) mass is 443 g/mol. The van der Waals surface area contributed by atoms with E-state index in [0.29, 0.717) is 28.4 Å². The summed E-state index contributed by atoms with van der Waals surface area (Å²) in [5.41, 5.74) is 1.46. The van der Waals surface area contributed by atoms with E-state index in [2.05, 4.69) is 26.3 Å². The smallest absolute Gasteiger partial charge is 0.267 e. The second-order valence-electron chi connectivity index (χ2n) is 5.84. The molecule has 7 nitrogen and oxygen atoms in total. The van der Waals surface area contributed by atoms with Crippen LogP contribution in [0, 0.1) is 0 Å². The third-order valence-electron chi connectivity index (χ3n) is 3.97. The van der Waals surface area contributed by atoms with Crippen molar-refractivity contribution in [3.05, 3.63) is 69.4 Å². The van der Waals surface area contributed by atoms with Crippen molar-refractivity contribution in [3.8, 4) is 22.8 Å². The molecule has 1 amide bonds. The molecule has 0 aliphatic heterocycles. The van der Waals surface area contributed by atoms with Gasteiger partial charge in [-0.15, -0.1) is 0 Å². The SMILES string of the molecule is COc1ccc(-c2ccc(=O)n(CC(=O)Nc3ccc(Br)cc3)n2)c(OC)c1. The van der Waals surface area contributed by atoms with E-state index in [4.69, 9.17) is 9.47 Å². The van der Waals surface area contributed by atoms with Gasteiger partial charge in [-0.2, -0.15) is 5.10 Å². The molecule has 2 aromatic carbocycles. The second-order valence-corrected chi connectivity index (χ2v) is 6.75. The van der Waals surface area contributed by atoms with Gasteiger partial charge in [-0.25, -0.2) is 4.68 Å². The maximum atomic E-state index is 12.3. The van der Waals surface area contributed by atoms with Gasteiger partial charge in [0.1, 0.15) is 18.0 Å². The summed E-state index contributed by atoms with van der Waals surface area (Å²) in [4.78, 5) is 24.5. The summed E-state index contributed by atoms with van der Waals surface area (Å²) >= 11 is 3.34. The van der Waals surface area contributed by atoms with Crippen molar-refractivity contribution in [2.75, 3.05) is 19.5 Å². The standard InChI is InChI=1S/C20H18BrN3O4/c1-27-15-7-8-16(18(11-15)28-2)17-9-10-20(26)24(23-17)12-19(25)22-14-5-3-13(21)4-6-14/h3-11H,12H2,1-2H3,(H,22,25). The molecule has 0 fully saturated rings. The number of methoxy groups -OCH3 is 2. The number of halogens is 1. The van der Waals surface area contributed by atoms with Crippen molar-refractivity contribution < 1.29 is 14.3 Å². The fourth-order valence-corrected chi connectivity index (χ4v) is 2.85. The summed E-state index contributed by atoms with van der Waals surface area (Å²) in [6, 6.07) is 15.4. The minimum absolute atomic E-state index is 0.207. The van der Waals surface area contributed by atoms with Crippen LogP contribution >= 0.6 is 15.9 Å². The van der Waals surface area contributed by atoms with Crippen molar-refractivity contribution in [2.45, 2.75) is 6.54 Å². The first-order valence-electron chi connectivity index (χ1n) is 8.36. The van der Waals surface area contributed by atoms with Gasteiger partial charge >= 0.3 is 0 Å². The van der Waals surface area contributed by atoms with Crippen molar-refractivity contribution in [1.29, 1.82) is 0 Å². The molecule has 3 aromatic rings. The Morgan fingerprint density at radius 2 is 1.82 bits per heavy atom. The molecule has 0 spiro atoms. The number of aromatic nitrogens is 2. The average Bonchev–Trinajstić information content (AvgIpc) is 2.71. The largest absolute Gasteiger partial charge is 0.497 e. The van der Waals surface area contributed by atoms with Gasteiger partial charge in [-0.3, -0.25) is 9.59 Å². The van der Waals surface area contributed by atoms with Gasteiger partial charge in [0.25, 0.3) is 5.56 Å². The van der Waals surface area contributed by atoms with Crippen molar-refractivity contribution >= 4 is 27.5 Å². The van der Waals surface area contributed by atoms with Crippen molar-refractivity contribution in [3.63, 3.8) is 0 Å². The lowest BCUT2D eigenvalue weighted by Gasteiger charge is -2.12. The van der Waals surface area contributed by atoms with Crippen molar-refractivity contribution in [1.82, 2.24) is 9.78 Å². The predicted molar refractivity (Wildman–Crippen MR) is 110 cm³/mol. The molecular weight excluding hydrogens is 426 g/mol. The van der Waals surface area contributed by atoms with Crippen LogP contribution in [0.2, 0.25) is 0 Å². The Hall–Kier alpha value is -3.13. The van der Waals surface area contributed by atoms with Crippen LogP contribution in [-0.2, 0) is 11.3 Å². The summed E-state index contributed by atoms with van der Waals surface area (Å²) in [7, 11) is 3.11. The van der Waals surface area contributed by atoms with E-state index in [-0.39, 0.29) is 18.0 Å². The second kappa shape index (κ2) is 8.71. The van der Waals surface area contributed by atoms with Crippen LogP contribution in [0.25, 0.3) is 11.3 Å². The van der Waals surface area contributed by atoms with Gasteiger partial charge in [0.05, 0.1) is 19.9 Å². The number of hydrogen-bond donors (Lipinski definition) is 1. The van der Waals surface area contributed by atoms with Gasteiger partial charge in [-0.05, 0) is 42.5 Å². The fraction of sp³-hybridized carbons (Fsp3) is 0.150. The summed E-state index contributed by atoms with van der Waals surface area (Å²) < 4.78 is 12.6. The minimum Gasteiger partial charge on any atom is -0.497 e. The maximum Gasteiger partial charge on any atom is 0.267 e. The lowest BCUT2D eigenvalue weighted by molar-refractivity contribution is -0.117. The zero-order valence-electron chi connectivity index (χ0n) is 15.3. The number of benzene rings is 2. The molecule has 3 rings (SSSR count). The first-order valence-corrected chi connectivity index (χ1v) is 9.15. The van der Waals surface area contributed by atoms with Gasteiger partial charge < -0.3 is 14.8 Å². The van der Waals surface area contributed by atoms with Crippen LogP contribution in [0.3, 0.4) is 0 Å². The molecule has 1 N–H and O–H groups in total. The highest BCUT2D eigenvalue weighted by atomic mass is 79.9. The molecule has 144 valence electrons. The summed E-state index contributed by atoms with van der Waals surface area (Å²) in [6.07, 6.45) is 0. The number of anilines is 1. The summed E-state index contributed by atoms with van der Waals surface area (Å²) in [6.45, 7) is -0.207. The molecule has 0 aliphatic rings. The van der Waals surface area contributed by atoms with Crippen LogP contribution in [0.5, 0.6) is 11.5 Å². The lowest BCUT2D eigenvalue weighted by atomic mass is 10.1. The number of rotatable bonds is 6. The number of nitrogens with one attached hydrogen (secondary N) is 1. The number of carbonyl (C=O) groups excluding carboxylic acids is 1. The number of carbonyl (C=O) groups is 1. The average molecular weight is 444 g/mol. The normalized spacial score (nSPS) is 10.4.